The lowest BCUT2D eigenvalue weighted by molar-refractivity contribution is -0.113. The SMILES string of the molecule is CC(C)N(C)S(=O)(=O)c1ccc(NC(=O)CSc2ncccn2)cc1. The molecule has 2 aromatic rings. The molecule has 7 nitrogen and oxygen atoms in total. The lowest BCUT2D eigenvalue weighted by Crippen LogP contribution is -2.33. The molecule has 0 spiro atoms. The Morgan fingerprint density at radius 1 is 1.20 bits per heavy atom. The van der Waals surface area contributed by atoms with E-state index in [2.05, 4.69) is 15.3 Å². The first-order valence-corrected chi connectivity index (χ1v) is 10.0. The van der Waals surface area contributed by atoms with Crippen molar-refractivity contribution in [2.75, 3.05) is 18.1 Å². The van der Waals surface area contributed by atoms with E-state index >= 15 is 0 Å². The minimum atomic E-state index is -3.53. The van der Waals surface area contributed by atoms with Crippen molar-refractivity contribution in [3.05, 3.63) is 42.7 Å². The maximum atomic E-state index is 12.4. The van der Waals surface area contributed by atoms with Gasteiger partial charge in [-0.3, -0.25) is 4.79 Å². The van der Waals surface area contributed by atoms with E-state index in [1.54, 1.807) is 51.5 Å². The molecule has 0 fully saturated rings. The minimum Gasteiger partial charge on any atom is -0.325 e. The van der Waals surface area contributed by atoms with Crippen LogP contribution in [0, 0.1) is 0 Å². The van der Waals surface area contributed by atoms with Crippen LogP contribution < -0.4 is 5.32 Å². The third-order valence-electron chi connectivity index (χ3n) is 3.42. The summed E-state index contributed by atoms with van der Waals surface area (Å²) in [7, 11) is -1.99. The molecule has 0 aliphatic carbocycles. The predicted octanol–water partition coefficient (Wildman–Crippen LogP) is 2.24. The molecule has 2 rings (SSSR count). The van der Waals surface area contributed by atoms with Crippen LogP contribution in [0.4, 0.5) is 5.69 Å². The quantitative estimate of drug-likeness (QED) is 0.585. The number of carbonyl (C=O) groups excluding carboxylic acids is 1. The molecule has 0 radical (unpaired) electrons. The lowest BCUT2D eigenvalue weighted by atomic mass is 10.3. The maximum absolute atomic E-state index is 12.4. The molecule has 134 valence electrons. The zero-order chi connectivity index (χ0) is 18.4. The number of amides is 1. The first kappa shape index (κ1) is 19.4. The maximum Gasteiger partial charge on any atom is 0.243 e. The van der Waals surface area contributed by atoms with E-state index in [9.17, 15) is 13.2 Å². The van der Waals surface area contributed by atoms with Crippen molar-refractivity contribution in [3.8, 4) is 0 Å². The average Bonchev–Trinajstić information content (AvgIpc) is 2.60. The Hall–Kier alpha value is -1.97. The number of benzene rings is 1. The van der Waals surface area contributed by atoms with Gasteiger partial charge in [0.25, 0.3) is 0 Å². The summed E-state index contributed by atoms with van der Waals surface area (Å²) in [5.74, 6) is -0.0486. The molecule has 1 aromatic heterocycles. The van der Waals surface area contributed by atoms with Crippen molar-refractivity contribution in [1.82, 2.24) is 14.3 Å². The predicted molar refractivity (Wildman–Crippen MR) is 97.9 cm³/mol. The molecule has 1 aromatic carbocycles. The zero-order valence-corrected chi connectivity index (χ0v) is 15.8. The number of sulfonamides is 1. The van der Waals surface area contributed by atoms with Gasteiger partial charge >= 0.3 is 0 Å². The number of rotatable bonds is 7. The Labute approximate surface area is 151 Å². The van der Waals surface area contributed by atoms with Gasteiger partial charge in [0.2, 0.25) is 15.9 Å². The van der Waals surface area contributed by atoms with E-state index in [1.165, 1.54) is 28.2 Å². The van der Waals surface area contributed by atoms with E-state index in [-0.39, 0.29) is 22.6 Å². The van der Waals surface area contributed by atoms with Gasteiger partial charge in [0, 0.05) is 31.2 Å². The molecule has 1 N–H and O–H groups in total. The molecular weight excluding hydrogens is 360 g/mol. The second-order valence-corrected chi connectivity index (χ2v) is 8.45. The molecule has 0 bridgehead atoms. The van der Waals surface area contributed by atoms with Gasteiger partial charge in [0.15, 0.2) is 5.16 Å². The molecule has 0 saturated carbocycles. The molecule has 0 aliphatic heterocycles. The van der Waals surface area contributed by atoms with Crippen molar-refractivity contribution >= 4 is 33.4 Å². The number of hydrogen-bond acceptors (Lipinski definition) is 6. The second-order valence-electron chi connectivity index (χ2n) is 5.51. The van der Waals surface area contributed by atoms with Gasteiger partial charge in [-0.15, -0.1) is 0 Å². The lowest BCUT2D eigenvalue weighted by Gasteiger charge is -2.21. The fraction of sp³-hybridized carbons (Fsp3) is 0.312. The van der Waals surface area contributed by atoms with Gasteiger partial charge in [-0.1, -0.05) is 11.8 Å². The van der Waals surface area contributed by atoms with E-state index in [1.807, 2.05) is 0 Å². The second kappa shape index (κ2) is 8.41. The fourth-order valence-electron chi connectivity index (χ4n) is 1.84. The summed E-state index contributed by atoms with van der Waals surface area (Å²) in [5.41, 5.74) is 0.533. The molecule has 0 saturated heterocycles. The van der Waals surface area contributed by atoms with Crippen LogP contribution in [0.15, 0.2) is 52.8 Å². The first-order chi connectivity index (χ1) is 11.8. The van der Waals surface area contributed by atoms with Crippen LogP contribution in [0.2, 0.25) is 0 Å². The fourth-order valence-corrected chi connectivity index (χ4v) is 3.81. The van der Waals surface area contributed by atoms with Crippen LogP contribution >= 0.6 is 11.8 Å². The summed E-state index contributed by atoms with van der Waals surface area (Å²) in [6.07, 6.45) is 3.22. The summed E-state index contributed by atoms with van der Waals surface area (Å²) in [6.45, 7) is 3.61. The van der Waals surface area contributed by atoms with Gasteiger partial charge in [-0.05, 0) is 44.2 Å². The van der Waals surface area contributed by atoms with Crippen LogP contribution in [0.3, 0.4) is 0 Å². The number of aromatic nitrogens is 2. The summed E-state index contributed by atoms with van der Waals surface area (Å²) < 4.78 is 26.1. The minimum absolute atomic E-state index is 0.137. The summed E-state index contributed by atoms with van der Waals surface area (Å²) >= 11 is 1.23. The van der Waals surface area contributed by atoms with E-state index in [4.69, 9.17) is 0 Å². The number of anilines is 1. The van der Waals surface area contributed by atoms with Crippen LogP contribution in [0.1, 0.15) is 13.8 Å². The summed E-state index contributed by atoms with van der Waals surface area (Å²) in [5, 5.41) is 3.24. The Morgan fingerprint density at radius 3 is 2.36 bits per heavy atom. The average molecular weight is 380 g/mol. The van der Waals surface area contributed by atoms with Gasteiger partial charge in [0.1, 0.15) is 0 Å². The van der Waals surface area contributed by atoms with E-state index < -0.39 is 10.0 Å². The van der Waals surface area contributed by atoms with Crippen molar-refractivity contribution in [1.29, 1.82) is 0 Å². The van der Waals surface area contributed by atoms with E-state index in [0.29, 0.717) is 10.8 Å². The van der Waals surface area contributed by atoms with Crippen LogP contribution in [0.25, 0.3) is 0 Å². The zero-order valence-electron chi connectivity index (χ0n) is 14.2. The third kappa shape index (κ3) is 5.25. The molecule has 1 heterocycles. The normalized spacial score (nSPS) is 11.7. The van der Waals surface area contributed by atoms with Gasteiger partial charge < -0.3 is 5.32 Å². The first-order valence-electron chi connectivity index (χ1n) is 7.58. The van der Waals surface area contributed by atoms with Gasteiger partial charge in [-0.25, -0.2) is 18.4 Å². The Bertz CT molecular complexity index is 809. The van der Waals surface area contributed by atoms with Crippen molar-refractivity contribution in [2.45, 2.75) is 29.9 Å². The Kier molecular flexibility index (Phi) is 6.51. The molecule has 0 unspecified atom stereocenters. The summed E-state index contributed by atoms with van der Waals surface area (Å²) in [4.78, 5) is 20.2. The topological polar surface area (TPSA) is 92.3 Å². The van der Waals surface area contributed by atoms with Crippen LogP contribution in [-0.4, -0.2) is 47.4 Å². The molecule has 0 atom stereocenters. The number of nitrogens with one attached hydrogen (secondary N) is 1. The monoisotopic (exact) mass is 380 g/mol. The molecule has 25 heavy (non-hydrogen) atoms. The smallest absolute Gasteiger partial charge is 0.243 e. The van der Waals surface area contributed by atoms with Gasteiger partial charge in [-0.2, -0.15) is 4.31 Å². The molecule has 0 aliphatic rings. The highest BCUT2D eigenvalue weighted by Crippen LogP contribution is 2.19. The number of nitrogens with zero attached hydrogens (tertiary/aromatic N) is 3. The van der Waals surface area contributed by atoms with Crippen molar-refractivity contribution in [2.24, 2.45) is 0 Å². The van der Waals surface area contributed by atoms with Crippen LogP contribution in [-0.2, 0) is 14.8 Å². The number of carbonyl (C=O) groups is 1. The van der Waals surface area contributed by atoms with Crippen LogP contribution in [0.5, 0.6) is 0 Å². The largest absolute Gasteiger partial charge is 0.325 e. The molecule has 1 amide bonds. The number of thioether (sulfide) groups is 1. The Balaban J connectivity index is 1.97. The van der Waals surface area contributed by atoms with Crippen molar-refractivity contribution in [3.63, 3.8) is 0 Å². The molecular formula is C16H20N4O3S2. The molecule has 9 heteroatoms. The van der Waals surface area contributed by atoms with Crippen molar-refractivity contribution < 1.29 is 13.2 Å². The standard InChI is InChI=1S/C16H20N4O3S2/c1-12(2)20(3)25(22,23)14-7-5-13(6-8-14)19-15(21)11-24-16-17-9-4-10-18-16/h4-10,12H,11H2,1-3H3,(H,19,21). The highest BCUT2D eigenvalue weighted by molar-refractivity contribution is 7.99. The third-order valence-corrected chi connectivity index (χ3v) is 6.34. The summed E-state index contributed by atoms with van der Waals surface area (Å²) in [6, 6.07) is 7.68. The Morgan fingerprint density at radius 2 is 1.80 bits per heavy atom. The number of hydrogen-bond donors (Lipinski definition) is 1. The highest BCUT2D eigenvalue weighted by Gasteiger charge is 2.22. The highest BCUT2D eigenvalue weighted by atomic mass is 32.2. The van der Waals surface area contributed by atoms with Gasteiger partial charge in [0.05, 0.1) is 10.6 Å². The van der Waals surface area contributed by atoms with E-state index in [0.717, 1.165) is 0 Å².